The maximum Gasteiger partial charge on any atom is 0.160 e. The summed E-state index contributed by atoms with van der Waals surface area (Å²) in [6.07, 6.45) is 5.59. The Morgan fingerprint density at radius 1 is 1.26 bits per heavy atom. The molecule has 0 radical (unpaired) electrons. The molecule has 0 bridgehead atoms. The molecule has 3 rings (SSSR count). The van der Waals surface area contributed by atoms with Gasteiger partial charge in [0.2, 0.25) is 0 Å². The maximum atomic E-state index is 5.70. The van der Waals surface area contributed by atoms with Crippen LogP contribution in [0.25, 0.3) is 5.65 Å². The highest BCUT2D eigenvalue weighted by molar-refractivity contribution is 5.39. The molecule has 2 aromatic rings. The monoisotopic (exact) mass is 259 g/mol. The Hall–Kier alpha value is -1.46. The lowest BCUT2D eigenvalue weighted by molar-refractivity contribution is 0.217. The number of rotatable bonds is 3. The van der Waals surface area contributed by atoms with Gasteiger partial charge in [-0.25, -0.2) is 0 Å². The van der Waals surface area contributed by atoms with Gasteiger partial charge in [0.1, 0.15) is 5.82 Å². The van der Waals surface area contributed by atoms with Gasteiger partial charge in [0.25, 0.3) is 0 Å². The molecule has 102 valence electrons. The third-order valence-electron chi connectivity index (χ3n) is 4.08. The van der Waals surface area contributed by atoms with Crippen LogP contribution in [-0.4, -0.2) is 39.6 Å². The first-order valence-corrected chi connectivity index (χ1v) is 6.97. The second-order valence-electron chi connectivity index (χ2n) is 5.54. The highest BCUT2D eigenvalue weighted by atomic mass is 15.2. The summed E-state index contributed by atoms with van der Waals surface area (Å²) in [6.45, 7) is 2.94. The summed E-state index contributed by atoms with van der Waals surface area (Å²) in [6, 6.07) is 4.01. The first-order chi connectivity index (χ1) is 9.26. The normalized spacial score (nSPS) is 18.2. The fourth-order valence-electron chi connectivity index (χ4n) is 2.77. The molecule has 19 heavy (non-hydrogen) atoms. The highest BCUT2D eigenvalue weighted by Crippen LogP contribution is 2.20. The zero-order valence-electron chi connectivity index (χ0n) is 11.4. The molecule has 5 heteroatoms. The van der Waals surface area contributed by atoms with Crippen molar-refractivity contribution in [1.82, 2.24) is 19.5 Å². The van der Waals surface area contributed by atoms with Gasteiger partial charge in [-0.1, -0.05) is 6.07 Å². The standard InChI is InChI=1S/C14H21N5/c1-18-6-4-11(5-7-18)8-14-17-16-13-3-2-12(9-15)10-19(13)14/h2-3,10-11H,4-9,15H2,1H3. The molecule has 5 nitrogen and oxygen atoms in total. The molecule has 0 unspecified atom stereocenters. The molecule has 0 aromatic carbocycles. The number of nitrogens with two attached hydrogens (primary N) is 1. The summed E-state index contributed by atoms with van der Waals surface area (Å²) in [5.74, 6) is 1.80. The predicted octanol–water partition coefficient (Wildman–Crippen LogP) is 1.07. The van der Waals surface area contributed by atoms with Crippen molar-refractivity contribution in [3.63, 3.8) is 0 Å². The van der Waals surface area contributed by atoms with E-state index >= 15 is 0 Å². The van der Waals surface area contributed by atoms with Gasteiger partial charge in [-0.3, -0.25) is 4.40 Å². The van der Waals surface area contributed by atoms with Crippen molar-refractivity contribution in [2.24, 2.45) is 11.7 Å². The molecule has 0 atom stereocenters. The van der Waals surface area contributed by atoms with Crippen LogP contribution in [0.15, 0.2) is 18.3 Å². The van der Waals surface area contributed by atoms with Crippen LogP contribution in [0, 0.1) is 5.92 Å². The van der Waals surface area contributed by atoms with Crippen LogP contribution in [0.1, 0.15) is 24.2 Å². The summed E-state index contributed by atoms with van der Waals surface area (Å²) >= 11 is 0. The van der Waals surface area contributed by atoms with Gasteiger partial charge in [-0.15, -0.1) is 10.2 Å². The van der Waals surface area contributed by atoms with Gasteiger partial charge in [-0.2, -0.15) is 0 Å². The minimum Gasteiger partial charge on any atom is -0.326 e. The van der Waals surface area contributed by atoms with E-state index in [2.05, 4.69) is 32.7 Å². The minimum atomic E-state index is 0.557. The summed E-state index contributed by atoms with van der Waals surface area (Å²) in [5, 5.41) is 8.58. The van der Waals surface area contributed by atoms with E-state index < -0.39 is 0 Å². The first-order valence-electron chi connectivity index (χ1n) is 6.97. The van der Waals surface area contributed by atoms with Gasteiger partial charge >= 0.3 is 0 Å². The van der Waals surface area contributed by atoms with Crippen LogP contribution < -0.4 is 5.73 Å². The van der Waals surface area contributed by atoms with Gasteiger partial charge in [-0.05, 0) is 50.5 Å². The lowest BCUT2D eigenvalue weighted by Crippen LogP contribution is -2.31. The van der Waals surface area contributed by atoms with Crippen LogP contribution in [-0.2, 0) is 13.0 Å². The topological polar surface area (TPSA) is 59.5 Å². The molecule has 1 aliphatic heterocycles. The van der Waals surface area contributed by atoms with Crippen molar-refractivity contribution in [1.29, 1.82) is 0 Å². The quantitative estimate of drug-likeness (QED) is 0.896. The van der Waals surface area contributed by atoms with E-state index in [1.165, 1.54) is 25.9 Å². The zero-order valence-corrected chi connectivity index (χ0v) is 11.4. The van der Waals surface area contributed by atoms with Crippen LogP contribution in [0.3, 0.4) is 0 Å². The minimum absolute atomic E-state index is 0.557. The van der Waals surface area contributed by atoms with E-state index in [1.807, 2.05) is 12.1 Å². The van der Waals surface area contributed by atoms with Crippen LogP contribution in [0.4, 0.5) is 0 Å². The van der Waals surface area contributed by atoms with E-state index in [1.54, 1.807) is 0 Å². The Kier molecular flexibility index (Phi) is 3.48. The van der Waals surface area contributed by atoms with Crippen LogP contribution in [0.2, 0.25) is 0 Å². The summed E-state index contributed by atoms with van der Waals surface area (Å²) in [4.78, 5) is 2.39. The number of pyridine rings is 1. The largest absolute Gasteiger partial charge is 0.326 e. The fraction of sp³-hybridized carbons (Fsp3) is 0.571. The van der Waals surface area contributed by atoms with Crippen molar-refractivity contribution in [2.45, 2.75) is 25.8 Å². The molecule has 0 aliphatic carbocycles. The average molecular weight is 259 g/mol. The lowest BCUT2D eigenvalue weighted by atomic mass is 9.93. The Morgan fingerprint density at radius 3 is 2.79 bits per heavy atom. The number of hydrogen-bond acceptors (Lipinski definition) is 4. The van der Waals surface area contributed by atoms with Crippen molar-refractivity contribution >= 4 is 5.65 Å². The van der Waals surface area contributed by atoms with Gasteiger partial charge in [0.15, 0.2) is 5.65 Å². The van der Waals surface area contributed by atoms with Gasteiger partial charge < -0.3 is 10.6 Å². The van der Waals surface area contributed by atoms with E-state index in [4.69, 9.17) is 5.73 Å². The van der Waals surface area contributed by atoms with E-state index in [-0.39, 0.29) is 0 Å². The Morgan fingerprint density at radius 2 is 2.05 bits per heavy atom. The number of likely N-dealkylation sites (tertiary alicyclic amines) is 1. The molecule has 0 amide bonds. The van der Waals surface area contributed by atoms with E-state index in [0.717, 1.165) is 29.4 Å². The van der Waals surface area contributed by atoms with Crippen molar-refractivity contribution in [3.8, 4) is 0 Å². The van der Waals surface area contributed by atoms with Crippen LogP contribution in [0.5, 0.6) is 0 Å². The number of hydrogen-bond donors (Lipinski definition) is 1. The van der Waals surface area contributed by atoms with E-state index in [9.17, 15) is 0 Å². The molecule has 3 heterocycles. The highest BCUT2D eigenvalue weighted by Gasteiger charge is 2.19. The lowest BCUT2D eigenvalue weighted by Gasteiger charge is -2.28. The first kappa shape index (κ1) is 12.6. The molecular weight excluding hydrogens is 238 g/mol. The van der Waals surface area contributed by atoms with Crippen molar-refractivity contribution < 1.29 is 0 Å². The van der Waals surface area contributed by atoms with Gasteiger partial charge in [0, 0.05) is 19.2 Å². The Balaban J connectivity index is 1.80. The fourth-order valence-corrected chi connectivity index (χ4v) is 2.77. The number of piperidine rings is 1. The molecule has 1 fully saturated rings. The Bertz CT molecular complexity index is 554. The molecule has 2 N–H and O–H groups in total. The molecule has 0 saturated carbocycles. The molecule has 0 spiro atoms. The molecule has 2 aromatic heterocycles. The number of fused-ring (bicyclic) bond motifs is 1. The summed E-state index contributed by atoms with van der Waals surface area (Å²) in [7, 11) is 2.19. The molecule has 1 aliphatic rings. The van der Waals surface area contributed by atoms with E-state index in [0.29, 0.717) is 6.54 Å². The average Bonchev–Trinajstić information content (AvgIpc) is 2.84. The van der Waals surface area contributed by atoms with Crippen molar-refractivity contribution in [2.75, 3.05) is 20.1 Å². The molecular formula is C14H21N5. The maximum absolute atomic E-state index is 5.70. The second-order valence-corrected chi connectivity index (χ2v) is 5.54. The number of nitrogens with zero attached hydrogens (tertiary/aromatic N) is 4. The molecule has 1 saturated heterocycles. The second kappa shape index (κ2) is 5.27. The number of aromatic nitrogens is 3. The summed E-state index contributed by atoms with van der Waals surface area (Å²) < 4.78 is 2.10. The van der Waals surface area contributed by atoms with Gasteiger partial charge in [0.05, 0.1) is 0 Å². The van der Waals surface area contributed by atoms with Crippen LogP contribution >= 0.6 is 0 Å². The third-order valence-corrected chi connectivity index (χ3v) is 4.08. The smallest absolute Gasteiger partial charge is 0.160 e. The Labute approximate surface area is 113 Å². The summed E-state index contributed by atoms with van der Waals surface area (Å²) in [5.41, 5.74) is 7.74. The van der Waals surface area contributed by atoms with Crippen molar-refractivity contribution in [3.05, 3.63) is 29.7 Å². The third kappa shape index (κ3) is 2.62. The zero-order chi connectivity index (χ0) is 13.2. The predicted molar refractivity (Wildman–Crippen MR) is 74.8 cm³/mol. The SMILES string of the molecule is CN1CCC(Cc2nnc3ccc(CN)cn23)CC1.